The second-order valence-electron chi connectivity index (χ2n) is 21.5. The molecule has 0 saturated heterocycles. The zero-order valence-electron chi connectivity index (χ0n) is 45.1. The van der Waals surface area contributed by atoms with Crippen molar-refractivity contribution in [2.75, 3.05) is 6.61 Å². The molecule has 0 bridgehead atoms. The average molecular weight is 919 g/mol. The molecule has 0 aliphatic carbocycles. The topological polar surface area (TPSA) is 69.6 Å². The lowest BCUT2D eigenvalue weighted by molar-refractivity contribution is -0.123. The molecule has 0 radical (unpaired) electrons. The number of aliphatic hydroxyl groups is 2. The summed E-state index contributed by atoms with van der Waals surface area (Å²) in [5, 5.41) is 23.4. The summed E-state index contributed by atoms with van der Waals surface area (Å²) in [5.74, 6) is -0.0206. The Kier molecular flexibility index (Phi) is 57.2. The van der Waals surface area contributed by atoms with Crippen molar-refractivity contribution in [2.24, 2.45) is 0 Å². The monoisotopic (exact) mass is 918 g/mol. The molecular weight excluding hydrogens is 795 g/mol. The minimum atomic E-state index is -0.655. The van der Waals surface area contributed by atoms with Crippen molar-refractivity contribution in [1.82, 2.24) is 5.32 Å². The zero-order valence-corrected chi connectivity index (χ0v) is 45.1. The molecule has 3 N–H and O–H groups in total. The Balaban J connectivity index is 3.38. The molecule has 0 fully saturated rings. The molecule has 0 aliphatic heterocycles. The molecule has 1 amide bonds. The van der Waals surface area contributed by atoms with Crippen LogP contribution in [0.5, 0.6) is 0 Å². The lowest BCUT2D eigenvalue weighted by Gasteiger charge is -2.22. The molecule has 0 aromatic heterocycles. The van der Waals surface area contributed by atoms with Gasteiger partial charge in [0, 0.05) is 6.42 Å². The Morgan fingerprint density at radius 1 is 0.308 bits per heavy atom. The predicted molar refractivity (Wildman–Crippen MR) is 290 cm³/mol. The molecule has 0 aliphatic rings. The summed E-state index contributed by atoms with van der Waals surface area (Å²) in [6, 6.07) is -0.532. The van der Waals surface area contributed by atoms with Gasteiger partial charge in [-0.2, -0.15) is 0 Å². The fraction of sp³-hybridized carbons (Fsp3) is 0.984. The van der Waals surface area contributed by atoms with E-state index in [2.05, 4.69) is 19.2 Å². The lowest BCUT2D eigenvalue weighted by atomic mass is 10.0. The summed E-state index contributed by atoms with van der Waals surface area (Å²) in [5.41, 5.74) is 0. The highest BCUT2D eigenvalue weighted by molar-refractivity contribution is 5.76. The number of hydrogen-bond donors (Lipinski definition) is 3. The number of carbonyl (C=O) groups is 1. The molecule has 0 heterocycles. The fourth-order valence-electron chi connectivity index (χ4n) is 10.2. The maximum atomic E-state index is 12.5. The first-order valence-corrected chi connectivity index (χ1v) is 30.7. The normalized spacial score (nSPS) is 12.6. The smallest absolute Gasteiger partial charge is 0.220 e. The van der Waals surface area contributed by atoms with Crippen molar-refractivity contribution in [3.05, 3.63) is 0 Å². The SMILES string of the molecule is CCCCCCCCCCCCCCCCCCCCCCCCCCCCCC(=O)NC(CO)C(O)CCCCCCCCCCCCCCCCCCCCCCCCCCCC. The van der Waals surface area contributed by atoms with E-state index in [0.717, 1.165) is 25.7 Å². The molecule has 0 rings (SSSR count). The average Bonchev–Trinajstić information content (AvgIpc) is 3.31. The Labute approximate surface area is 410 Å². The third kappa shape index (κ3) is 54.2. The number of rotatable bonds is 58. The van der Waals surface area contributed by atoms with Gasteiger partial charge in [0.1, 0.15) is 0 Å². The number of hydrogen-bond acceptors (Lipinski definition) is 3. The van der Waals surface area contributed by atoms with E-state index in [4.69, 9.17) is 0 Å². The zero-order chi connectivity index (χ0) is 47.0. The number of nitrogens with one attached hydrogen (secondary N) is 1. The Hall–Kier alpha value is -0.610. The summed E-state index contributed by atoms with van der Waals surface area (Å²) in [7, 11) is 0. The van der Waals surface area contributed by atoms with Gasteiger partial charge >= 0.3 is 0 Å². The van der Waals surface area contributed by atoms with Crippen LogP contribution in [0.3, 0.4) is 0 Å². The van der Waals surface area contributed by atoms with Crippen LogP contribution in [0, 0.1) is 0 Å². The van der Waals surface area contributed by atoms with Crippen LogP contribution >= 0.6 is 0 Å². The first kappa shape index (κ1) is 64.4. The summed E-state index contributed by atoms with van der Waals surface area (Å²) >= 11 is 0. The highest BCUT2D eigenvalue weighted by Gasteiger charge is 2.20. The second-order valence-corrected chi connectivity index (χ2v) is 21.5. The molecule has 4 heteroatoms. The molecule has 2 unspecified atom stereocenters. The van der Waals surface area contributed by atoms with Gasteiger partial charge in [-0.05, 0) is 12.8 Å². The van der Waals surface area contributed by atoms with Crippen LogP contribution in [-0.2, 0) is 4.79 Å². The number of unbranched alkanes of at least 4 members (excludes halogenated alkanes) is 51. The fourth-order valence-corrected chi connectivity index (χ4v) is 10.2. The largest absolute Gasteiger partial charge is 0.394 e. The number of amides is 1. The minimum Gasteiger partial charge on any atom is -0.394 e. The number of aliphatic hydroxyl groups excluding tert-OH is 2. The van der Waals surface area contributed by atoms with Gasteiger partial charge in [0.2, 0.25) is 5.91 Å². The predicted octanol–water partition coefficient (Wildman–Crippen LogP) is 20.3. The molecule has 0 saturated carbocycles. The molecule has 4 nitrogen and oxygen atoms in total. The van der Waals surface area contributed by atoms with Crippen molar-refractivity contribution in [3.8, 4) is 0 Å². The second kappa shape index (κ2) is 57.7. The van der Waals surface area contributed by atoms with Crippen LogP contribution in [0.1, 0.15) is 367 Å². The van der Waals surface area contributed by atoms with Crippen molar-refractivity contribution < 1.29 is 15.0 Å². The van der Waals surface area contributed by atoms with Crippen molar-refractivity contribution >= 4 is 5.91 Å². The highest BCUT2D eigenvalue weighted by Crippen LogP contribution is 2.19. The molecule has 390 valence electrons. The maximum absolute atomic E-state index is 12.5. The van der Waals surface area contributed by atoms with Gasteiger partial charge < -0.3 is 15.5 Å². The first-order valence-electron chi connectivity index (χ1n) is 30.7. The van der Waals surface area contributed by atoms with Crippen LogP contribution in [0.4, 0.5) is 0 Å². The van der Waals surface area contributed by atoms with Gasteiger partial charge in [0.15, 0.2) is 0 Å². The van der Waals surface area contributed by atoms with E-state index in [1.807, 2.05) is 0 Å². The summed E-state index contributed by atoms with van der Waals surface area (Å²) in [6.45, 7) is 4.41. The number of carbonyl (C=O) groups excluding carboxylic acids is 1. The van der Waals surface area contributed by atoms with E-state index in [1.54, 1.807) is 0 Å². The molecule has 2 atom stereocenters. The van der Waals surface area contributed by atoms with Gasteiger partial charge in [-0.15, -0.1) is 0 Å². The van der Waals surface area contributed by atoms with E-state index in [9.17, 15) is 15.0 Å². The van der Waals surface area contributed by atoms with Crippen LogP contribution in [0.15, 0.2) is 0 Å². The first-order chi connectivity index (χ1) is 32.2. The van der Waals surface area contributed by atoms with Gasteiger partial charge in [-0.3, -0.25) is 4.79 Å². The van der Waals surface area contributed by atoms with Crippen LogP contribution in [0.2, 0.25) is 0 Å². The quantitative estimate of drug-likeness (QED) is 0.0533. The minimum absolute atomic E-state index is 0.0206. The summed E-state index contributed by atoms with van der Waals surface area (Å²) in [6.07, 6.45) is 74.0. The maximum Gasteiger partial charge on any atom is 0.220 e. The van der Waals surface area contributed by atoms with E-state index in [0.29, 0.717) is 12.8 Å². The van der Waals surface area contributed by atoms with Crippen molar-refractivity contribution in [2.45, 2.75) is 379 Å². The van der Waals surface area contributed by atoms with E-state index in [1.165, 1.54) is 315 Å². The third-order valence-electron chi connectivity index (χ3n) is 14.9. The molecule has 0 aromatic carbocycles. The molecule has 0 aromatic rings. The third-order valence-corrected chi connectivity index (χ3v) is 14.9. The Bertz CT molecular complexity index is 864. The molecular formula is C61H123NO3. The Morgan fingerprint density at radius 3 is 0.692 bits per heavy atom. The van der Waals surface area contributed by atoms with E-state index >= 15 is 0 Å². The van der Waals surface area contributed by atoms with Crippen molar-refractivity contribution in [3.63, 3.8) is 0 Å². The van der Waals surface area contributed by atoms with Gasteiger partial charge in [-0.25, -0.2) is 0 Å². The van der Waals surface area contributed by atoms with Crippen LogP contribution in [-0.4, -0.2) is 34.9 Å². The van der Waals surface area contributed by atoms with Crippen LogP contribution < -0.4 is 5.32 Å². The van der Waals surface area contributed by atoms with Gasteiger partial charge in [-0.1, -0.05) is 348 Å². The van der Waals surface area contributed by atoms with E-state index in [-0.39, 0.29) is 12.5 Å². The molecule has 65 heavy (non-hydrogen) atoms. The Morgan fingerprint density at radius 2 is 0.492 bits per heavy atom. The van der Waals surface area contributed by atoms with Crippen molar-refractivity contribution in [1.29, 1.82) is 0 Å². The van der Waals surface area contributed by atoms with Crippen LogP contribution in [0.25, 0.3) is 0 Å². The van der Waals surface area contributed by atoms with Gasteiger partial charge in [0.05, 0.1) is 18.8 Å². The highest BCUT2D eigenvalue weighted by atomic mass is 16.3. The summed E-state index contributed by atoms with van der Waals surface area (Å²) in [4.78, 5) is 12.5. The van der Waals surface area contributed by atoms with Gasteiger partial charge in [0.25, 0.3) is 0 Å². The lowest BCUT2D eigenvalue weighted by Crippen LogP contribution is -2.45. The standard InChI is InChI=1S/C61H123NO3/c1-3-5-7-9-11-13-15-17-19-21-23-25-27-29-31-33-35-37-39-41-43-45-47-49-51-53-55-57-61(65)62-59(58-63)60(64)56-54-52-50-48-46-44-42-40-38-36-34-32-30-28-26-24-22-20-18-16-14-12-10-8-6-4-2/h59-60,63-64H,3-58H2,1-2H3,(H,62,65). The van der Waals surface area contributed by atoms with E-state index < -0.39 is 12.1 Å². The molecule has 0 spiro atoms. The summed E-state index contributed by atoms with van der Waals surface area (Å²) < 4.78 is 0.